The number of amides is 1. The number of carbonyl (C=O) groups excluding carboxylic acids is 1. The van der Waals surface area contributed by atoms with Crippen LogP contribution in [-0.2, 0) is 9.59 Å². The van der Waals surface area contributed by atoms with Crippen molar-refractivity contribution in [2.75, 3.05) is 6.54 Å². The molecule has 2 N–H and O–H groups in total. The average molecular weight is 251 g/mol. The molecule has 0 radical (unpaired) electrons. The van der Waals surface area contributed by atoms with Crippen molar-refractivity contribution in [3.63, 3.8) is 0 Å². The summed E-state index contributed by atoms with van der Waals surface area (Å²) in [5.74, 6) is -0.665. The van der Waals surface area contributed by atoms with Crippen LogP contribution in [-0.4, -0.2) is 23.5 Å². The number of allylic oxidation sites excluding steroid dienone is 2. The van der Waals surface area contributed by atoms with Crippen LogP contribution in [0.15, 0.2) is 12.2 Å². The van der Waals surface area contributed by atoms with Crippen molar-refractivity contribution in [2.45, 2.75) is 32.6 Å². The molecule has 0 aliphatic heterocycles. The molecule has 0 aromatic heterocycles. The predicted molar refractivity (Wildman–Crippen MR) is 67.9 cm³/mol. The van der Waals surface area contributed by atoms with Crippen molar-refractivity contribution < 1.29 is 14.7 Å². The maximum atomic E-state index is 12.1. The van der Waals surface area contributed by atoms with Gasteiger partial charge in [0.1, 0.15) is 0 Å². The zero-order chi connectivity index (χ0) is 13.1. The quantitative estimate of drug-likeness (QED) is 0.732. The van der Waals surface area contributed by atoms with Gasteiger partial charge in [-0.25, -0.2) is 0 Å². The maximum absolute atomic E-state index is 12.1. The Kier molecular flexibility index (Phi) is 4.04. The molecule has 0 aromatic rings. The predicted octanol–water partition coefficient (Wildman–Crippen LogP) is 1.82. The molecule has 2 aliphatic rings. The maximum Gasteiger partial charge on any atom is 0.307 e. The van der Waals surface area contributed by atoms with Crippen LogP contribution in [0.3, 0.4) is 0 Å². The van der Waals surface area contributed by atoms with E-state index < -0.39 is 17.8 Å². The summed E-state index contributed by atoms with van der Waals surface area (Å²) in [7, 11) is 0. The minimum atomic E-state index is -0.866. The van der Waals surface area contributed by atoms with Crippen molar-refractivity contribution in [1.82, 2.24) is 5.32 Å². The van der Waals surface area contributed by atoms with Gasteiger partial charge in [0.05, 0.1) is 11.8 Å². The Morgan fingerprint density at radius 1 is 1.28 bits per heavy atom. The van der Waals surface area contributed by atoms with E-state index in [0.717, 1.165) is 5.92 Å². The molecule has 3 unspecified atom stereocenters. The number of aliphatic carboxylic acids is 1. The van der Waals surface area contributed by atoms with Crippen molar-refractivity contribution in [3.8, 4) is 0 Å². The molecule has 18 heavy (non-hydrogen) atoms. The van der Waals surface area contributed by atoms with E-state index in [1.807, 2.05) is 12.2 Å². The van der Waals surface area contributed by atoms with Crippen molar-refractivity contribution in [2.24, 2.45) is 23.7 Å². The van der Waals surface area contributed by atoms with Crippen LogP contribution >= 0.6 is 0 Å². The lowest BCUT2D eigenvalue weighted by molar-refractivity contribution is -0.147. The van der Waals surface area contributed by atoms with Gasteiger partial charge in [-0.05, 0) is 37.5 Å². The van der Waals surface area contributed by atoms with Gasteiger partial charge in [-0.3, -0.25) is 9.59 Å². The van der Waals surface area contributed by atoms with Crippen LogP contribution < -0.4 is 5.32 Å². The minimum absolute atomic E-state index is 0.0979. The Morgan fingerprint density at radius 3 is 2.44 bits per heavy atom. The van der Waals surface area contributed by atoms with Crippen molar-refractivity contribution in [3.05, 3.63) is 12.2 Å². The third-order valence-electron chi connectivity index (χ3n) is 4.11. The smallest absolute Gasteiger partial charge is 0.307 e. The molecule has 1 saturated carbocycles. The summed E-state index contributed by atoms with van der Waals surface area (Å²) in [4.78, 5) is 23.2. The third kappa shape index (κ3) is 3.12. The van der Waals surface area contributed by atoms with Gasteiger partial charge in [0.25, 0.3) is 0 Å². The molecule has 2 aliphatic carbocycles. The van der Waals surface area contributed by atoms with E-state index in [1.165, 1.54) is 12.8 Å². The van der Waals surface area contributed by atoms with Gasteiger partial charge in [-0.15, -0.1) is 0 Å². The summed E-state index contributed by atoms with van der Waals surface area (Å²) < 4.78 is 0. The van der Waals surface area contributed by atoms with Crippen LogP contribution in [0.2, 0.25) is 0 Å². The second-order valence-corrected chi connectivity index (χ2v) is 5.55. The normalized spacial score (nSPS) is 28.7. The molecule has 100 valence electrons. The Bertz CT molecular complexity index is 360. The highest BCUT2D eigenvalue weighted by molar-refractivity contribution is 5.85. The van der Waals surface area contributed by atoms with Crippen LogP contribution in [0.25, 0.3) is 0 Å². The lowest BCUT2D eigenvalue weighted by Crippen LogP contribution is -2.40. The molecule has 0 bridgehead atoms. The first kappa shape index (κ1) is 13.1. The highest BCUT2D eigenvalue weighted by atomic mass is 16.4. The third-order valence-corrected chi connectivity index (χ3v) is 4.11. The van der Waals surface area contributed by atoms with Gasteiger partial charge in [-0.1, -0.05) is 19.1 Å². The van der Waals surface area contributed by atoms with E-state index in [4.69, 9.17) is 5.11 Å². The van der Waals surface area contributed by atoms with E-state index in [-0.39, 0.29) is 5.91 Å². The lowest BCUT2D eigenvalue weighted by atomic mass is 9.82. The van der Waals surface area contributed by atoms with Gasteiger partial charge < -0.3 is 10.4 Å². The number of carboxylic acids is 1. The number of carbonyl (C=O) groups is 2. The van der Waals surface area contributed by atoms with Gasteiger partial charge >= 0.3 is 5.97 Å². The number of carboxylic acid groups (broad SMARTS) is 1. The van der Waals surface area contributed by atoms with Gasteiger partial charge in [0.15, 0.2) is 0 Å². The number of rotatable bonds is 5. The van der Waals surface area contributed by atoms with E-state index in [2.05, 4.69) is 12.2 Å². The van der Waals surface area contributed by atoms with Crippen molar-refractivity contribution in [1.29, 1.82) is 0 Å². The Morgan fingerprint density at radius 2 is 1.89 bits per heavy atom. The van der Waals surface area contributed by atoms with E-state index >= 15 is 0 Å². The second-order valence-electron chi connectivity index (χ2n) is 5.55. The first-order valence-corrected chi connectivity index (χ1v) is 6.75. The Balaban J connectivity index is 1.86. The fourth-order valence-corrected chi connectivity index (χ4v) is 2.60. The topological polar surface area (TPSA) is 66.4 Å². The summed E-state index contributed by atoms with van der Waals surface area (Å²) in [5, 5.41) is 12.0. The standard InChI is InChI=1S/C14H21NO3/c1-9(10-6-7-10)8-15-13(16)11-4-2-3-5-12(11)14(17)18/h2-3,9-12H,4-8H2,1H3,(H,15,16)(H,17,18). The number of hydrogen-bond acceptors (Lipinski definition) is 2. The zero-order valence-corrected chi connectivity index (χ0v) is 10.8. The molecule has 2 rings (SSSR count). The largest absolute Gasteiger partial charge is 0.481 e. The van der Waals surface area contributed by atoms with E-state index in [0.29, 0.717) is 25.3 Å². The van der Waals surface area contributed by atoms with Crippen LogP contribution in [0.4, 0.5) is 0 Å². The van der Waals surface area contributed by atoms with Gasteiger partial charge in [0.2, 0.25) is 5.91 Å². The molecule has 0 aromatic carbocycles. The van der Waals surface area contributed by atoms with Gasteiger partial charge in [-0.2, -0.15) is 0 Å². The monoisotopic (exact) mass is 251 g/mol. The lowest BCUT2D eigenvalue weighted by Gasteiger charge is -2.25. The molecule has 1 fully saturated rings. The first-order chi connectivity index (χ1) is 8.59. The molecule has 3 atom stereocenters. The van der Waals surface area contributed by atoms with Crippen molar-refractivity contribution >= 4 is 11.9 Å². The SMILES string of the molecule is CC(CNC(=O)C1CC=CCC1C(=O)O)C1CC1. The number of nitrogens with one attached hydrogen (secondary N) is 1. The van der Waals surface area contributed by atoms with E-state index in [1.54, 1.807) is 0 Å². The summed E-state index contributed by atoms with van der Waals surface area (Å²) in [6.45, 7) is 2.82. The van der Waals surface area contributed by atoms with Gasteiger partial charge in [0, 0.05) is 6.54 Å². The molecule has 0 spiro atoms. The second kappa shape index (κ2) is 5.55. The molecule has 0 heterocycles. The van der Waals surface area contributed by atoms with E-state index in [9.17, 15) is 9.59 Å². The summed E-state index contributed by atoms with van der Waals surface area (Å²) in [6.07, 6.45) is 7.30. The summed E-state index contributed by atoms with van der Waals surface area (Å²) in [5.41, 5.74) is 0. The average Bonchev–Trinajstić information content (AvgIpc) is 3.19. The van der Waals surface area contributed by atoms with Crippen LogP contribution in [0.1, 0.15) is 32.6 Å². The molecule has 4 heteroatoms. The van der Waals surface area contributed by atoms with Crippen LogP contribution in [0, 0.1) is 23.7 Å². The first-order valence-electron chi connectivity index (χ1n) is 6.75. The molecule has 1 amide bonds. The number of hydrogen-bond donors (Lipinski definition) is 2. The fourth-order valence-electron chi connectivity index (χ4n) is 2.60. The highest BCUT2D eigenvalue weighted by Gasteiger charge is 2.34. The molecule has 4 nitrogen and oxygen atoms in total. The summed E-state index contributed by atoms with van der Waals surface area (Å²) >= 11 is 0. The van der Waals surface area contributed by atoms with Crippen LogP contribution in [0.5, 0.6) is 0 Å². The fraction of sp³-hybridized carbons (Fsp3) is 0.714. The Labute approximate surface area is 107 Å². The molecule has 0 saturated heterocycles. The Hall–Kier alpha value is -1.32. The minimum Gasteiger partial charge on any atom is -0.481 e. The molecular formula is C14H21NO3. The highest BCUT2D eigenvalue weighted by Crippen LogP contribution is 2.36. The zero-order valence-electron chi connectivity index (χ0n) is 10.8. The molecular weight excluding hydrogens is 230 g/mol. The summed E-state index contributed by atoms with van der Waals surface area (Å²) in [6, 6.07) is 0.